The molecule has 1 atom stereocenters. The first-order valence-electron chi connectivity index (χ1n) is 7.95. The van der Waals surface area contributed by atoms with Crippen molar-refractivity contribution in [2.24, 2.45) is 5.73 Å². The Hall–Kier alpha value is -2.64. The van der Waals surface area contributed by atoms with Crippen LogP contribution in [0, 0.1) is 0 Å². The van der Waals surface area contributed by atoms with Crippen LogP contribution in [0.5, 0.6) is 0 Å². The maximum atomic E-state index is 12.6. The zero-order valence-electron chi connectivity index (χ0n) is 14.1. The summed E-state index contributed by atoms with van der Waals surface area (Å²) in [6, 6.07) is 1.86. The summed E-state index contributed by atoms with van der Waals surface area (Å²) in [6.07, 6.45) is 3.87. The number of hydrogen-bond acceptors (Lipinski definition) is 4. The Kier molecular flexibility index (Phi) is 3.90. The Morgan fingerprint density at radius 2 is 2.12 bits per heavy atom. The number of amides is 2. The molecule has 3 heterocycles. The van der Waals surface area contributed by atoms with E-state index in [1.165, 1.54) is 6.20 Å². The molecule has 0 bridgehead atoms. The topological polar surface area (TPSA) is 110 Å². The largest absolute Gasteiger partial charge is 0.366 e. The molecule has 24 heavy (non-hydrogen) atoms. The van der Waals surface area contributed by atoms with Crippen LogP contribution in [-0.4, -0.2) is 49.8 Å². The highest BCUT2D eigenvalue weighted by atomic mass is 16.2. The van der Waals surface area contributed by atoms with E-state index in [0.29, 0.717) is 24.3 Å². The number of nitrogens with two attached hydrogens (primary N) is 1. The van der Waals surface area contributed by atoms with Gasteiger partial charge in [0.05, 0.1) is 17.8 Å². The Morgan fingerprint density at radius 3 is 2.71 bits per heavy atom. The molecule has 0 aliphatic carbocycles. The highest BCUT2D eigenvalue weighted by molar-refractivity contribution is 5.93. The predicted molar refractivity (Wildman–Crippen MR) is 87.6 cm³/mol. The lowest BCUT2D eigenvalue weighted by atomic mass is 9.92. The summed E-state index contributed by atoms with van der Waals surface area (Å²) in [5.41, 5.74) is 6.90. The number of carbonyl (C=O) groups excluding carboxylic acids is 2. The number of hydrogen-bond donors (Lipinski definition) is 2. The number of carbonyl (C=O) groups is 2. The number of nitrogens with zero attached hydrogens (tertiary/aromatic N) is 4. The van der Waals surface area contributed by atoms with Crippen LogP contribution in [0.4, 0.5) is 0 Å². The first-order valence-corrected chi connectivity index (χ1v) is 7.95. The third kappa shape index (κ3) is 3.04. The normalized spacial score (nSPS) is 18.1. The van der Waals surface area contributed by atoms with E-state index in [0.717, 1.165) is 12.1 Å². The molecule has 2 amide bonds. The molecule has 1 unspecified atom stereocenters. The minimum absolute atomic E-state index is 0.0445. The van der Waals surface area contributed by atoms with E-state index >= 15 is 0 Å². The molecule has 0 aromatic carbocycles. The van der Waals surface area contributed by atoms with Gasteiger partial charge in [0.2, 0.25) is 0 Å². The van der Waals surface area contributed by atoms with E-state index in [9.17, 15) is 9.59 Å². The predicted octanol–water partition coefficient (Wildman–Crippen LogP) is 1.09. The molecule has 8 heteroatoms. The molecule has 1 fully saturated rings. The van der Waals surface area contributed by atoms with Gasteiger partial charge in [-0.15, -0.1) is 0 Å². The summed E-state index contributed by atoms with van der Waals surface area (Å²) in [5, 5.41) is 11.3. The first-order chi connectivity index (χ1) is 11.3. The van der Waals surface area contributed by atoms with Gasteiger partial charge in [0.15, 0.2) is 0 Å². The van der Waals surface area contributed by atoms with E-state index < -0.39 is 5.91 Å². The summed E-state index contributed by atoms with van der Waals surface area (Å²) >= 11 is 0. The first kappa shape index (κ1) is 16.2. The summed E-state index contributed by atoms with van der Waals surface area (Å²) in [4.78, 5) is 25.5. The van der Waals surface area contributed by atoms with Crippen LogP contribution in [0.2, 0.25) is 0 Å². The molecule has 3 rings (SSSR count). The SMILES string of the molecule is CC(C)(C)c1cc(C(=O)N2CCC(n3cc(C(N)=O)cn3)C2)n[nH]1. The second-order valence-corrected chi connectivity index (χ2v) is 7.18. The fraction of sp³-hybridized carbons (Fsp3) is 0.500. The molecule has 0 saturated carbocycles. The van der Waals surface area contributed by atoms with Gasteiger partial charge in [0.1, 0.15) is 5.69 Å². The Balaban J connectivity index is 1.69. The van der Waals surface area contributed by atoms with Crippen molar-refractivity contribution in [1.29, 1.82) is 0 Å². The second kappa shape index (κ2) is 5.77. The van der Waals surface area contributed by atoms with Gasteiger partial charge in [-0.2, -0.15) is 10.2 Å². The van der Waals surface area contributed by atoms with Crippen molar-refractivity contribution in [1.82, 2.24) is 24.9 Å². The maximum absolute atomic E-state index is 12.6. The van der Waals surface area contributed by atoms with Crippen LogP contribution in [0.1, 0.15) is 59.8 Å². The zero-order valence-corrected chi connectivity index (χ0v) is 14.1. The molecule has 1 aliphatic rings. The monoisotopic (exact) mass is 330 g/mol. The lowest BCUT2D eigenvalue weighted by Gasteiger charge is -2.16. The van der Waals surface area contributed by atoms with Crippen LogP contribution in [0.3, 0.4) is 0 Å². The number of primary amides is 1. The van der Waals surface area contributed by atoms with Crippen LogP contribution in [-0.2, 0) is 5.41 Å². The van der Waals surface area contributed by atoms with Crippen molar-refractivity contribution in [2.75, 3.05) is 13.1 Å². The molecule has 1 saturated heterocycles. The number of H-pyrrole nitrogens is 1. The van der Waals surface area contributed by atoms with Crippen molar-refractivity contribution in [2.45, 2.75) is 38.6 Å². The number of likely N-dealkylation sites (tertiary alicyclic amines) is 1. The van der Waals surface area contributed by atoms with E-state index in [2.05, 4.69) is 36.1 Å². The van der Waals surface area contributed by atoms with Crippen molar-refractivity contribution in [3.63, 3.8) is 0 Å². The average Bonchev–Trinajstić information content (AvgIpc) is 3.24. The van der Waals surface area contributed by atoms with Crippen LogP contribution in [0.25, 0.3) is 0 Å². The summed E-state index contributed by atoms with van der Waals surface area (Å²) in [6.45, 7) is 7.36. The van der Waals surface area contributed by atoms with Crippen LogP contribution in [0.15, 0.2) is 18.5 Å². The third-order valence-corrected chi connectivity index (χ3v) is 4.32. The fourth-order valence-electron chi connectivity index (χ4n) is 2.78. The Labute approximate surface area is 140 Å². The minimum Gasteiger partial charge on any atom is -0.366 e. The highest BCUT2D eigenvalue weighted by Gasteiger charge is 2.30. The van der Waals surface area contributed by atoms with Gasteiger partial charge in [0, 0.05) is 30.4 Å². The lowest BCUT2D eigenvalue weighted by Crippen LogP contribution is -2.29. The quantitative estimate of drug-likeness (QED) is 0.877. The molecular weight excluding hydrogens is 308 g/mol. The van der Waals surface area contributed by atoms with Gasteiger partial charge in [-0.3, -0.25) is 19.4 Å². The molecule has 128 valence electrons. The molecule has 2 aromatic rings. The summed E-state index contributed by atoms with van der Waals surface area (Å²) in [5.74, 6) is -0.593. The summed E-state index contributed by atoms with van der Waals surface area (Å²) < 4.78 is 1.71. The van der Waals surface area contributed by atoms with Crippen LogP contribution >= 0.6 is 0 Å². The van der Waals surface area contributed by atoms with E-state index in [-0.39, 0.29) is 17.4 Å². The molecule has 8 nitrogen and oxygen atoms in total. The van der Waals surface area contributed by atoms with Gasteiger partial charge < -0.3 is 10.6 Å². The van der Waals surface area contributed by atoms with Crippen molar-refractivity contribution < 1.29 is 9.59 Å². The minimum atomic E-state index is -0.501. The fourth-order valence-corrected chi connectivity index (χ4v) is 2.78. The molecule has 0 radical (unpaired) electrons. The number of aromatic amines is 1. The van der Waals surface area contributed by atoms with E-state index in [1.54, 1.807) is 15.8 Å². The zero-order chi connectivity index (χ0) is 17.5. The third-order valence-electron chi connectivity index (χ3n) is 4.32. The molecule has 3 N–H and O–H groups in total. The number of nitrogens with one attached hydrogen (secondary N) is 1. The summed E-state index contributed by atoms with van der Waals surface area (Å²) in [7, 11) is 0. The van der Waals surface area contributed by atoms with Crippen molar-refractivity contribution >= 4 is 11.8 Å². The van der Waals surface area contributed by atoms with E-state index in [1.807, 2.05) is 6.07 Å². The van der Waals surface area contributed by atoms with E-state index in [4.69, 9.17) is 5.73 Å². The van der Waals surface area contributed by atoms with Crippen molar-refractivity contribution in [3.05, 3.63) is 35.4 Å². The van der Waals surface area contributed by atoms with Gasteiger partial charge >= 0.3 is 0 Å². The molecule has 1 aliphatic heterocycles. The lowest BCUT2D eigenvalue weighted by molar-refractivity contribution is 0.0781. The van der Waals surface area contributed by atoms with Gasteiger partial charge in [0.25, 0.3) is 11.8 Å². The van der Waals surface area contributed by atoms with Crippen LogP contribution < -0.4 is 5.73 Å². The highest BCUT2D eigenvalue weighted by Crippen LogP contribution is 2.24. The smallest absolute Gasteiger partial charge is 0.274 e. The Bertz CT molecular complexity index is 770. The molecular formula is C16H22N6O2. The standard InChI is InChI=1S/C16H22N6O2/c1-16(2,3)13-6-12(19-20-13)15(24)21-5-4-11(9-21)22-8-10(7-18-22)14(17)23/h6-8,11H,4-5,9H2,1-3H3,(H2,17,23)(H,19,20). The van der Waals surface area contributed by atoms with Crippen molar-refractivity contribution in [3.8, 4) is 0 Å². The van der Waals surface area contributed by atoms with Gasteiger partial charge in [-0.05, 0) is 12.5 Å². The number of rotatable bonds is 3. The molecule has 0 spiro atoms. The van der Waals surface area contributed by atoms with Gasteiger partial charge in [-0.1, -0.05) is 20.8 Å². The molecule has 2 aromatic heterocycles. The van der Waals surface area contributed by atoms with Gasteiger partial charge in [-0.25, -0.2) is 0 Å². The average molecular weight is 330 g/mol. The number of aromatic nitrogens is 4. The Morgan fingerprint density at radius 1 is 1.38 bits per heavy atom. The maximum Gasteiger partial charge on any atom is 0.274 e. The second-order valence-electron chi connectivity index (χ2n) is 7.18.